The number of sulfone groups is 1. The third-order valence-electron chi connectivity index (χ3n) is 2.82. The van der Waals surface area contributed by atoms with E-state index in [0.29, 0.717) is 12.1 Å². The lowest BCUT2D eigenvalue weighted by molar-refractivity contribution is 0.535. The molecule has 3 nitrogen and oxygen atoms in total. The van der Waals surface area contributed by atoms with Crippen LogP contribution in [-0.2, 0) is 9.84 Å². The van der Waals surface area contributed by atoms with E-state index in [1.54, 1.807) is 0 Å². The molecule has 0 N–H and O–H groups in total. The van der Waals surface area contributed by atoms with Crippen molar-refractivity contribution in [3.05, 3.63) is 47.8 Å². The highest BCUT2D eigenvalue weighted by atomic mass is 32.2. The number of pyridine rings is 1. The van der Waals surface area contributed by atoms with Gasteiger partial charge in [0.2, 0.25) is 5.95 Å². The summed E-state index contributed by atoms with van der Waals surface area (Å²) in [7, 11) is -3.95. The first-order valence-electron chi connectivity index (χ1n) is 5.79. The van der Waals surface area contributed by atoms with Gasteiger partial charge < -0.3 is 0 Å². The molecule has 0 aliphatic heterocycles. The van der Waals surface area contributed by atoms with Crippen molar-refractivity contribution in [2.24, 2.45) is 0 Å². The molecular weight excluding hydrogens is 310 g/mol. The number of halogens is 4. The Morgan fingerprint density at radius 1 is 1.05 bits per heavy atom. The number of benzene rings is 1. The summed E-state index contributed by atoms with van der Waals surface area (Å²) in [5.41, 5.74) is -0.963. The highest BCUT2D eigenvalue weighted by Gasteiger charge is 2.22. The van der Waals surface area contributed by atoms with Crippen molar-refractivity contribution >= 4 is 9.84 Å². The van der Waals surface area contributed by atoms with E-state index in [2.05, 4.69) is 4.98 Å². The van der Waals surface area contributed by atoms with Crippen molar-refractivity contribution in [2.45, 2.75) is 11.8 Å². The monoisotopic (exact) mass is 319 g/mol. The Hall–Kier alpha value is -1.96. The van der Waals surface area contributed by atoms with Gasteiger partial charge in [-0.1, -0.05) is 6.92 Å². The average molecular weight is 319 g/mol. The van der Waals surface area contributed by atoms with E-state index in [4.69, 9.17) is 0 Å². The first-order chi connectivity index (χ1) is 9.76. The van der Waals surface area contributed by atoms with Gasteiger partial charge in [-0.25, -0.2) is 26.6 Å². The minimum Gasteiger partial charge on any atom is -0.227 e. The Labute approximate surface area is 118 Å². The number of rotatable bonds is 3. The molecule has 1 aromatic carbocycles. The second-order valence-electron chi connectivity index (χ2n) is 4.16. The molecule has 0 spiro atoms. The van der Waals surface area contributed by atoms with Crippen LogP contribution in [0.3, 0.4) is 0 Å². The fraction of sp³-hybridized carbons (Fsp3) is 0.154. The van der Waals surface area contributed by atoms with Gasteiger partial charge in [0.05, 0.1) is 11.3 Å². The molecular formula is C13H9F4NO2S. The van der Waals surface area contributed by atoms with Gasteiger partial charge in [-0.05, 0) is 6.07 Å². The van der Waals surface area contributed by atoms with Crippen molar-refractivity contribution in [3.8, 4) is 11.1 Å². The standard InChI is InChI=1S/C13H9F4NO2S/c1-2-21(19,20)11-3-7(6-18-13(11)17)12-9(15)4-8(14)5-10(12)16/h3-6H,2H2,1H3. The largest absolute Gasteiger partial charge is 0.231 e. The Morgan fingerprint density at radius 2 is 1.62 bits per heavy atom. The summed E-state index contributed by atoms with van der Waals surface area (Å²) < 4.78 is 77.1. The van der Waals surface area contributed by atoms with Crippen molar-refractivity contribution in [1.82, 2.24) is 4.98 Å². The first-order valence-corrected chi connectivity index (χ1v) is 7.44. The van der Waals surface area contributed by atoms with E-state index in [9.17, 15) is 26.0 Å². The topological polar surface area (TPSA) is 47.0 Å². The van der Waals surface area contributed by atoms with Gasteiger partial charge in [0.15, 0.2) is 9.84 Å². The zero-order chi connectivity index (χ0) is 15.8. The minimum absolute atomic E-state index is 0.293. The number of hydrogen-bond acceptors (Lipinski definition) is 3. The fourth-order valence-electron chi connectivity index (χ4n) is 1.76. The molecule has 2 rings (SSSR count). The van der Waals surface area contributed by atoms with Crippen molar-refractivity contribution < 1.29 is 26.0 Å². The van der Waals surface area contributed by atoms with E-state index >= 15 is 0 Å². The number of nitrogens with zero attached hydrogens (tertiary/aromatic N) is 1. The molecule has 2 aromatic rings. The quantitative estimate of drug-likeness (QED) is 0.645. The number of aromatic nitrogens is 1. The summed E-state index contributed by atoms with van der Waals surface area (Å²) >= 11 is 0. The molecule has 0 unspecified atom stereocenters. The first kappa shape index (κ1) is 15.4. The van der Waals surface area contributed by atoms with Crippen LogP contribution < -0.4 is 0 Å². The summed E-state index contributed by atoms with van der Waals surface area (Å²) in [6, 6.07) is 1.66. The Bertz CT molecular complexity index is 783. The van der Waals surface area contributed by atoms with Crippen LogP contribution in [0.2, 0.25) is 0 Å². The van der Waals surface area contributed by atoms with Crippen molar-refractivity contribution in [2.75, 3.05) is 5.75 Å². The second kappa shape index (κ2) is 5.44. The van der Waals surface area contributed by atoms with Crippen LogP contribution in [0.5, 0.6) is 0 Å². The van der Waals surface area contributed by atoms with Gasteiger partial charge in [-0.2, -0.15) is 4.39 Å². The molecule has 0 radical (unpaired) electrons. The predicted molar refractivity (Wildman–Crippen MR) is 67.2 cm³/mol. The SMILES string of the molecule is CCS(=O)(=O)c1cc(-c2c(F)cc(F)cc2F)cnc1F. The molecule has 0 fully saturated rings. The van der Waals surface area contributed by atoms with Crippen molar-refractivity contribution in [1.29, 1.82) is 0 Å². The zero-order valence-corrected chi connectivity index (χ0v) is 11.5. The molecule has 8 heteroatoms. The van der Waals surface area contributed by atoms with Crippen LogP contribution in [0, 0.1) is 23.4 Å². The molecule has 0 saturated heterocycles. The molecule has 0 aliphatic rings. The fourth-order valence-corrected chi connectivity index (χ4v) is 2.68. The molecule has 0 bridgehead atoms. The maximum atomic E-state index is 13.7. The van der Waals surface area contributed by atoms with Gasteiger partial charge in [-0.15, -0.1) is 0 Å². The van der Waals surface area contributed by atoms with E-state index in [1.807, 2.05) is 0 Å². The lowest BCUT2D eigenvalue weighted by atomic mass is 10.1. The van der Waals surface area contributed by atoms with Crippen LogP contribution in [0.25, 0.3) is 11.1 Å². The summed E-state index contributed by atoms with van der Waals surface area (Å²) in [5, 5.41) is 0. The predicted octanol–water partition coefficient (Wildman–Crippen LogP) is 3.10. The Morgan fingerprint density at radius 3 is 2.14 bits per heavy atom. The minimum atomic E-state index is -3.95. The highest BCUT2D eigenvalue weighted by molar-refractivity contribution is 7.91. The van der Waals surface area contributed by atoms with Gasteiger partial charge in [0.1, 0.15) is 22.3 Å². The smallest absolute Gasteiger partial charge is 0.227 e. The molecule has 0 amide bonds. The van der Waals surface area contributed by atoms with Crippen LogP contribution in [-0.4, -0.2) is 19.2 Å². The van der Waals surface area contributed by atoms with Crippen molar-refractivity contribution in [3.63, 3.8) is 0 Å². The summed E-state index contributed by atoms with van der Waals surface area (Å²) in [4.78, 5) is 2.44. The third-order valence-corrected chi connectivity index (χ3v) is 4.53. The summed E-state index contributed by atoms with van der Waals surface area (Å²) in [6.45, 7) is 1.29. The Kier molecular flexibility index (Phi) is 3.99. The molecule has 0 atom stereocenters. The normalized spacial score (nSPS) is 11.7. The van der Waals surface area contributed by atoms with Crippen LogP contribution in [0.4, 0.5) is 17.6 Å². The van der Waals surface area contributed by atoms with Gasteiger partial charge in [-0.3, -0.25) is 0 Å². The van der Waals surface area contributed by atoms with Crippen LogP contribution in [0.15, 0.2) is 29.3 Å². The average Bonchev–Trinajstić information content (AvgIpc) is 2.39. The van der Waals surface area contributed by atoms with E-state index in [0.717, 1.165) is 12.3 Å². The maximum Gasteiger partial charge on any atom is 0.231 e. The van der Waals surface area contributed by atoms with E-state index in [1.165, 1.54) is 6.92 Å². The van der Waals surface area contributed by atoms with E-state index < -0.39 is 49.4 Å². The van der Waals surface area contributed by atoms with Gasteiger partial charge >= 0.3 is 0 Å². The van der Waals surface area contributed by atoms with Crippen LogP contribution >= 0.6 is 0 Å². The van der Waals surface area contributed by atoms with Crippen LogP contribution in [0.1, 0.15) is 6.92 Å². The third kappa shape index (κ3) is 2.90. The van der Waals surface area contributed by atoms with Gasteiger partial charge in [0.25, 0.3) is 0 Å². The van der Waals surface area contributed by atoms with E-state index in [-0.39, 0.29) is 5.56 Å². The molecule has 21 heavy (non-hydrogen) atoms. The molecule has 0 aliphatic carbocycles. The summed E-state index contributed by atoms with van der Waals surface area (Å²) in [6.07, 6.45) is 0.781. The lowest BCUT2D eigenvalue weighted by Crippen LogP contribution is -2.08. The zero-order valence-electron chi connectivity index (χ0n) is 10.7. The Balaban J connectivity index is 2.71. The molecule has 112 valence electrons. The molecule has 0 saturated carbocycles. The second-order valence-corrected chi connectivity index (χ2v) is 6.41. The lowest BCUT2D eigenvalue weighted by Gasteiger charge is -2.08. The summed E-state index contributed by atoms with van der Waals surface area (Å²) in [5.74, 6) is -5.25. The van der Waals surface area contributed by atoms with Gasteiger partial charge in [0, 0.05) is 23.9 Å². The molecule has 1 heterocycles. The number of hydrogen-bond donors (Lipinski definition) is 0. The maximum absolute atomic E-state index is 13.7. The molecule has 1 aromatic heterocycles. The highest BCUT2D eigenvalue weighted by Crippen LogP contribution is 2.29.